The van der Waals surface area contributed by atoms with Gasteiger partial charge in [0.25, 0.3) is 5.91 Å². The molecule has 2 aromatic heterocycles. The molecular formula is C15H19N5O. The van der Waals surface area contributed by atoms with Crippen molar-refractivity contribution in [1.29, 1.82) is 0 Å². The average molecular weight is 285 g/mol. The molecule has 21 heavy (non-hydrogen) atoms. The highest BCUT2D eigenvalue weighted by Gasteiger charge is 2.22. The summed E-state index contributed by atoms with van der Waals surface area (Å²) in [6, 6.07) is 1.73. The number of aromatic nitrogens is 4. The molecule has 6 heteroatoms. The van der Waals surface area contributed by atoms with Gasteiger partial charge in [-0.2, -0.15) is 10.2 Å². The van der Waals surface area contributed by atoms with Crippen LogP contribution in [0.3, 0.4) is 0 Å². The largest absolute Gasteiger partial charge is 0.310 e. The maximum Gasteiger partial charge on any atom is 0.261 e. The van der Waals surface area contributed by atoms with Crippen molar-refractivity contribution < 1.29 is 4.79 Å². The van der Waals surface area contributed by atoms with Crippen molar-refractivity contribution in [3.05, 3.63) is 41.7 Å². The molecule has 0 aliphatic heterocycles. The van der Waals surface area contributed by atoms with E-state index in [1.165, 1.54) is 11.1 Å². The standard InChI is InChI=1S/C15H19N5O/c1-10-12(9-16-14(19-10)15(2,3)4)13(21)20(5)11-6-7-17-18-8-11/h6-9H,1-5H3. The Morgan fingerprint density at radius 1 is 1.19 bits per heavy atom. The first-order valence-corrected chi connectivity index (χ1v) is 6.69. The summed E-state index contributed by atoms with van der Waals surface area (Å²) in [6.07, 6.45) is 4.68. The van der Waals surface area contributed by atoms with Gasteiger partial charge in [0.15, 0.2) is 0 Å². The maximum absolute atomic E-state index is 12.5. The van der Waals surface area contributed by atoms with Gasteiger partial charge in [0.05, 0.1) is 29.3 Å². The summed E-state index contributed by atoms with van der Waals surface area (Å²) in [5.41, 5.74) is 1.69. The van der Waals surface area contributed by atoms with Crippen LogP contribution in [0.1, 0.15) is 42.6 Å². The predicted molar refractivity (Wildman–Crippen MR) is 80.2 cm³/mol. The lowest BCUT2D eigenvalue weighted by Crippen LogP contribution is -2.28. The molecule has 0 saturated heterocycles. The number of carbonyl (C=O) groups is 1. The zero-order chi connectivity index (χ0) is 15.6. The zero-order valence-corrected chi connectivity index (χ0v) is 13.0. The Bertz CT molecular complexity index is 649. The molecule has 0 unspecified atom stereocenters. The number of aryl methyl sites for hydroxylation is 1. The average Bonchev–Trinajstić information content (AvgIpc) is 2.45. The third-order valence-electron chi connectivity index (χ3n) is 3.14. The lowest BCUT2D eigenvalue weighted by atomic mass is 9.95. The van der Waals surface area contributed by atoms with E-state index >= 15 is 0 Å². The Balaban J connectivity index is 2.32. The summed E-state index contributed by atoms with van der Waals surface area (Å²) < 4.78 is 0. The molecule has 0 radical (unpaired) electrons. The Kier molecular flexibility index (Phi) is 3.97. The van der Waals surface area contributed by atoms with Crippen LogP contribution < -0.4 is 4.90 Å². The molecule has 110 valence electrons. The predicted octanol–water partition coefficient (Wildman–Crippen LogP) is 2.15. The van der Waals surface area contributed by atoms with E-state index in [2.05, 4.69) is 20.2 Å². The third-order valence-corrected chi connectivity index (χ3v) is 3.14. The highest BCUT2D eigenvalue weighted by molar-refractivity contribution is 6.06. The van der Waals surface area contributed by atoms with Crippen LogP contribution in [0.5, 0.6) is 0 Å². The van der Waals surface area contributed by atoms with Gasteiger partial charge in [0.2, 0.25) is 0 Å². The fraction of sp³-hybridized carbons (Fsp3) is 0.400. The Labute approximate surface area is 124 Å². The van der Waals surface area contributed by atoms with Crippen LogP contribution in [0.2, 0.25) is 0 Å². The van der Waals surface area contributed by atoms with Crippen molar-refractivity contribution in [2.24, 2.45) is 0 Å². The van der Waals surface area contributed by atoms with Crippen molar-refractivity contribution in [3.63, 3.8) is 0 Å². The van der Waals surface area contributed by atoms with Crippen LogP contribution in [0.25, 0.3) is 0 Å². The van der Waals surface area contributed by atoms with Crippen LogP contribution in [-0.4, -0.2) is 33.1 Å². The first-order valence-electron chi connectivity index (χ1n) is 6.69. The molecule has 0 atom stereocenters. The lowest BCUT2D eigenvalue weighted by Gasteiger charge is -2.20. The van der Waals surface area contributed by atoms with Crippen molar-refractivity contribution in [2.75, 3.05) is 11.9 Å². The van der Waals surface area contributed by atoms with Crippen LogP contribution in [-0.2, 0) is 5.41 Å². The second kappa shape index (κ2) is 5.55. The van der Waals surface area contributed by atoms with Gasteiger partial charge in [-0.1, -0.05) is 20.8 Å². The number of rotatable bonds is 2. The molecule has 0 aromatic carbocycles. The third kappa shape index (κ3) is 3.21. The zero-order valence-electron chi connectivity index (χ0n) is 13.0. The first kappa shape index (κ1) is 15.0. The van der Waals surface area contributed by atoms with Gasteiger partial charge in [-0.25, -0.2) is 9.97 Å². The van der Waals surface area contributed by atoms with E-state index in [0.29, 0.717) is 16.9 Å². The fourth-order valence-corrected chi connectivity index (χ4v) is 1.82. The molecule has 6 nitrogen and oxygen atoms in total. The van der Waals surface area contributed by atoms with E-state index < -0.39 is 0 Å². The highest BCUT2D eigenvalue weighted by Crippen LogP contribution is 2.20. The minimum absolute atomic E-state index is 0.146. The minimum atomic E-state index is -0.166. The number of nitrogens with zero attached hydrogens (tertiary/aromatic N) is 5. The number of hydrogen-bond acceptors (Lipinski definition) is 5. The molecule has 0 bridgehead atoms. The van der Waals surface area contributed by atoms with Gasteiger partial charge in [-0.15, -0.1) is 0 Å². The molecule has 0 aliphatic carbocycles. The van der Waals surface area contributed by atoms with Crippen molar-refractivity contribution >= 4 is 11.6 Å². The number of hydrogen-bond donors (Lipinski definition) is 0. The van der Waals surface area contributed by atoms with E-state index in [-0.39, 0.29) is 11.3 Å². The lowest BCUT2D eigenvalue weighted by molar-refractivity contribution is 0.0991. The molecular weight excluding hydrogens is 266 g/mol. The summed E-state index contributed by atoms with van der Waals surface area (Å²) in [6.45, 7) is 7.94. The summed E-state index contributed by atoms with van der Waals surface area (Å²) in [4.78, 5) is 22.8. The van der Waals surface area contributed by atoms with E-state index in [9.17, 15) is 4.79 Å². The highest BCUT2D eigenvalue weighted by atomic mass is 16.2. The van der Waals surface area contributed by atoms with Crippen molar-refractivity contribution in [1.82, 2.24) is 20.2 Å². The summed E-state index contributed by atoms with van der Waals surface area (Å²) >= 11 is 0. The van der Waals surface area contributed by atoms with Crippen LogP contribution in [0.15, 0.2) is 24.7 Å². The SMILES string of the molecule is Cc1nc(C(C)(C)C)ncc1C(=O)N(C)c1ccnnc1. The smallest absolute Gasteiger partial charge is 0.261 e. The minimum Gasteiger partial charge on any atom is -0.310 e. The molecule has 2 aromatic rings. The van der Waals surface area contributed by atoms with E-state index in [0.717, 1.165) is 5.82 Å². The van der Waals surface area contributed by atoms with Crippen molar-refractivity contribution in [2.45, 2.75) is 33.1 Å². The van der Waals surface area contributed by atoms with E-state index in [1.54, 1.807) is 25.5 Å². The van der Waals surface area contributed by atoms with Gasteiger partial charge in [-0.3, -0.25) is 4.79 Å². The van der Waals surface area contributed by atoms with Gasteiger partial charge in [0.1, 0.15) is 5.82 Å². The number of carbonyl (C=O) groups excluding carboxylic acids is 1. The molecule has 2 heterocycles. The number of amides is 1. The Hall–Kier alpha value is -2.37. The molecule has 2 rings (SSSR count). The van der Waals surface area contributed by atoms with E-state index in [4.69, 9.17) is 0 Å². The molecule has 0 N–H and O–H groups in total. The van der Waals surface area contributed by atoms with Crippen molar-refractivity contribution in [3.8, 4) is 0 Å². The van der Waals surface area contributed by atoms with Gasteiger partial charge in [0, 0.05) is 18.7 Å². The van der Waals surface area contributed by atoms with Gasteiger partial charge in [-0.05, 0) is 13.0 Å². The monoisotopic (exact) mass is 285 g/mol. The van der Waals surface area contributed by atoms with Crippen LogP contribution in [0, 0.1) is 6.92 Å². The second-order valence-electron chi connectivity index (χ2n) is 5.91. The quantitative estimate of drug-likeness (QED) is 0.845. The summed E-state index contributed by atoms with van der Waals surface area (Å²) in [5.74, 6) is 0.561. The fourth-order valence-electron chi connectivity index (χ4n) is 1.82. The Morgan fingerprint density at radius 3 is 2.43 bits per heavy atom. The molecule has 1 amide bonds. The maximum atomic E-state index is 12.5. The molecule has 0 spiro atoms. The molecule has 0 fully saturated rings. The second-order valence-corrected chi connectivity index (χ2v) is 5.91. The summed E-state index contributed by atoms with van der Waals surface area (Å²) in [5, 5.41) is 7.48. The summed E-state index contributed by atoms with van der Waals surface area (Å²) in [7, 11) is 1.69. The van der Waals surface area contributed by atoms with Crippen LogP contribution in [0.4, 0.5) is 5.69 Å². The van der Waals surface area contributed by atoms with Gasteiger partial charge < -0.3 is 4.90 Å². The Morgan fingerprint density at radius 2 is 1.90 bits per heavy atom. The van der Waals surface area contributed by atoms with Crippen LogP contribution >= 0.6 is 0 Å². The van der Waals surface area contributed by atoms with E-state index in [1.807, 2.05) is 27.7 Å². The molecule has 0 saturated carbocycles. The topological polar surface area (TPSA) is 71.9 Å². The normalized spacial score (nSPS) is 11.3. The molecule has 0 aliphatic rings. The number of anilines is 1. The van der Waals surface area contributed by atoms with Gasteiger partial charge >= 0.3 is 0 Å². The first-order chi connectivity index (χ1) is 9.80.